The van der Waals surface area contributed by atoms with E-state index in [2.05, 4.69) is 0 Å². The van der Waals surface area contributed by atoms with Gasteiger partial charge in [0, 0.05) is 5.56 Å². The average Bonchev–Trinajstić information content (AvgIpc) is 2.27. The summed E-state index contributed by atoms with van der Waals surface area (Å²) in [5.74, 6) is 0.581. The number of nitrogens with two attached hydrogens (primary N) is 1. The molecule has 0 bridgehead atoms. The van der Waals surface area contributed by atoms with Gasteiger partial charge in [0.05, 0.1) is 7.11 Å². The van der Waals surface area contributed by atoms with E-state index in [1.807, 2.05) is 6.92 Å². The van der Waals surface area contributed by atoms with Crippen molar-refractivity contribution in [2.75, 3.05) is 13.7 Å². The van der Waals surface area contributed by atoms with Gasteiger partial charge in [-0.2, -0.15) is 0 Å². The van der Waals surface area contributed by atoms with E-state index in [1.165, 1.54) is 19.2 Å². The van der Waals surface area contributed by atoms with Crippen LogP contribution in [-0.2, 0) is 0 Å². The van der Waals surface area contributed by atoms with Gasteiger partial charge in [-0.3, -0.25) is 0 Å². The van der Waals surface area contributed by atoms with E-state index in [1.54, 1.807) is 6.07 Å². The molecule has 0 fully saturated rings. The summed E-state index contributed by atoms with van der Waals surface area (Å²) >= 11 is 0. The molecule has 1 rings (SSSR count). The van der Waals surface area contributed by atoms with Gasteiger partial charge in [-0.05, 0) is 24.1 Å². The van der Waals surface area contributed by atoms with Crippen LogP contribution in [-0.4, -0.2) is 13.7 Å². The molecule has 1 aromatic rings. The molecule has 84 valence electrons. The van der Waals surface area contributed by atoms with Crippen molar-refractivity contribution in [1.29, 1.82) is 0 Å². The second-order valence-electron chi connectivity index (χ2n) is 3.44. The summed E-state index contributed by atoms with van der Waals surface area (Å²) in [6, 6.07) is 4.43. The molecule has 0 saturated heterocycles. The number of benzene rings is 1. The highest BCUT2D eigenvalue weighted by molar-refractivity contribution is 5.40. The summed E-state index contributed by atoms with van der Waals surface area (Å²) in [7, 11) is 1.47. The van der Waals surface area contributed by atoms with Crippen LogP contribution in [0.3, 0.4) is 0 Å². The second-order valence-corrected chi connectivity index (χ2v) is 3.44. The van der Waals surface area contributed by atoms with Crippen molar-refractivity contribution in [1.82, 2.24) is 0 Å². The van der Waals surface area contributed by atoms with Crippen LogP contribution in [0.5, 0.6) is 5.75 Å². The van der Waals surface area contributed by atoms with E-state index < -0.39 is 6.43 Å². The first-order valence-corrected chi connectivity index (χ1v) is 4.76. The predicted octanol–water partition coefficient (Wildman–Crippen LogP) is 2.70. The van der Waals surface area contributed by atoms with Crippen LogP contribution in [0.25, 0.3) is 0 Å². The zero-order valence-corrected chi connectivity index (χ0v) is 8.84. The summed E-state index contributed by atoms with van der Waals surface area (Å²) in [6.45, 7) is 2.39. The third kappa shape index (κ3) is 2.65. The molecule has 0 spiro atoms. The van der Waals surface area contributed by atoms with Gasteiger partial charge in [-0.15, -0.1) is 0 Å². The zero-order valence-electron chi connectivity index (χ0n) is 8.84. The number of ether oxygens (including phenoxy) is 1. The van der Waals surface area contributed by atoms with Crippen LogP contribution in [0.4, 0.5) is 8.78 Å². The maximum absolute atomic E-state index is 12.4. The van der Waals surface area contributed by atoms with Gasteiger partial charge >= 0.3 is 0 Å². The van der Waals surface area contributed by atoms with Gasteiger partial charge in [-0.25, -0.2) is 8.78 Å². The molecule has 2 N–H and O–H groups in total. The number of halogens is 2. The fourth-order valence-corrected chi connectivity index (χ4v) is 1.40. The molecule has 0 aromatic heterocycles. The molecule has 0 aliphatic heterocycles. The summed E-state index contributed by atoms with van der Waals surface area (Å²) in [5.41, 5.74) is 6.36. The normalized spacial score (nSPS) is 12.9. The standard InChI is InChI=1S/C11H15F2NO/c1-7(6-14)9-4-3-8(11(12)13)5-10(9)15-2/h3-5,7,11H,6,14H2,1-2H3. The summed E-state index contributed by atoms with van der Waals surface area (Å²) in [6.07, 6.45) is -2.47. The largest absolute Gasteiger partial charge is 0.496 e. The molecule has 0 saturated carbocycles. The fraction of sp³-hybridized carbons (Fsp3) is 0.455. The third-order valence-corrected chi connectivity index (χ3v) is 2.39. The van der Waals surface area contributed by atoms with Crippen molar-refractivity contribution < 1.29 is 13.5 Å². The minimum atomic E-state index is -2.47. The maximum atomic E-state index is 12.4. The number of methoxy groups -OCH3 is 1. The van der Waals surface area contributed by atoms with Crippen LogP contribution < -0.4 is 10.5 Å². The molecule has 4 heteroatoms. The summed E-state index contributed by atoms with van der Waals surface area (Å²) in [5, 5.41) is 0. The topological polar surface area (TPSA) is 35.2 Å². The number of hydrogen-bond donors (Lipinski definition) is 1. The average molecular weight is 215 g/mol. The van der Waals surface area contributed by atoms with Crippen molar-refractivity contribution in [2.24, 2.45) is 5.73 Å². The van der Waals surface area contributed by atoms with E-state index in [0.29, 0.717) is 12.3 Å². The van der Waals surface area contributed by atoms with Crippen LogP contribution in [0.1, 0.15) is 30.4 Å². The predicted molar refractivity (Wildman–Crippen MR) is 55.4 cm³/mol. The van der Waals surface area contributed by atoms with Gasteiger partial charge in [0.2, 0.25) is 0 Å². The fourth-order valence-electron chi connectivity index (χ4n) is 1.40. The Morgan fingerprint density at radius 1 is 1.40 bits per heavy atom. The van der Waals surface area contributed by atoms with E-state index >= 15 is 0 Å². The molecular formula is C11H15F2NO. The number of hydrogen-bond acceptors (Lipinski definition) is 2. The lowest BCUT2D eigenvalue weighted by molar-refractivity contribution is 0.151. The van der Waals surface area contributed by atoms with Gasteiger partial charge in [0.15, 0.2) is 0 Å². The lowest BCUT2D eigenvalue weighted by Crippen LogP contribution is -2.10. The molecule has 0 aliphatic rings. The molecule has 1 atom stereocenters. The van der Waals surface area contributed by atoms with E-state index in [-0.39, 0.29) is 11.5 Å². The minimum Gasteiger partial charge on any atom is -0.496 e. The monoisotopic (exact) mass is 215 g/mol. The first kappa shape index (κ1) is 11.9. The van der Waals surface area contributed by atoms with E-state index in [9.17, 15) is 8.78 Å². The first-order valence-electron chi connectivity index (χ1n) is 4.76. The Balaban J connectivity index is 3.09. The molecule has 15 heavy (non-hydrogen) atoms. The highest BCUT2D eigenvalue weighted by atomic mass is 19.3. The Hall–Kier alpha value is -1.16. The van der Waals surface area contributed by atoms with Crippen LogP contribution in [0.15, 0.2) is 18.2 Å². The Kier molecular flexibility index (Phi) is 4.03. The molecule has 0 heterocycles. The van der Waals surface area contributed by atoms with Crippen LogP contribution in [0, 0.1) is 0 Å². The lowest BCUT2D eigenvalue weighted by atomic mass is 9.99. The molecule has 0 amide bonds. The van der Waals surface area contributed by atoms with Crippen LogP contribution in [0.2, 0.25) is 0 Å². The van der Waals surface area contributed by atoms with Crippen molar-refractivity contribution >= 4 is 0 Å². The molecule has 0 radical (unpaired) electrons. The summed E-state index contributed by atoms with van der Waals surface area (Å²) < 4.78 is 29.9. The molecule has 2 nitrogen and oxygen atoms in total. The second kappa shape index (κ2) is 5.07. The zero-order chi connectivity index (χ0) is 11.4. The van der Waals surface area contributed by atoms with Gasteiger partial charge < -0.3 is 10.5 Å². The molecule has 0 aliphatic carbocycles. The van der Waals surface area contributed by atoms with Crippen molar-refractivity contribution in [3.8, 4) is 5.75 Å². The number of rotatable bonds is 4. The SMILES string of the molecule is COc1cc(C(F)F)ccc1C(C)CN. The van der Waals surface area contributed by atoms with E-state index in [4.69, 9.17) is 10.5 Å². The Bertz CT molecular complexity index is 328. The van der Waals surface area contributed by atoms with Crippen molar-refractivity contribution in [2.45, 2.75) is 19.3 Å². The van der Waals surface area contributed by atoms with Crippen molar-refractivity contribution in [3.05, 3.63) is 29.3 Å². The minimum absolute atomic E-state index is 0.0279. The highest BCUT2D eigenvalue weighted by Gasteiger charge is 2.14. The lowest BCUT2D eigenvalue weighted by Gasteiger charge is -2.14. The Labute approximate surface area is 88.0 Å². The van der Waals surface area contributed by atoms with Gasteiger partial charge in [0.25, 0.3) is 6.43 Å². The van der Waals surface area contributed by atoms with Gasteiger partial charge in [0.1, 0.15) is 5.75 Å². The maximum Gasteiger partial charge on any atom is 0.263 e. The van der Waals surface area contributed by atoms with Crippen LogP contribution >= 0.6 is 0 Å². The Morgan fingerprint density at radius 3 is 2.53 bits per heavy atom. The van der Waals surface area contributed by atoms with E-state index in [0.717, 1.165) is 5.56 Å². The quantitative estimate of drug-likeness (QED) is 0.838. The molecule has 1 unspecified atom stereocenters. The van der Waals surface area contributed by atoms with Crippen molar-refractivity contribution in [3.63, 3.8) is 0 Å². The molecular weight excluding hydrogens is 200 g/mol. The number of alkyl halides is 2. The third-order valence-electron chi connectivity index (χ3n) is 2.39. The molecule has 1 aromatic carbocycles. The Morgan fingerprint density at radius 2 is 2.07 bits per heavy atom. The van der Waals surface area contributed by atoms with Gasteiger partial charge in [-0.1, -0.05) is 19.1 Å². The smallest absolute Gasteiger partial charge is 0.263 e. The first-order chi connectivity index (χ1) is 7.10. The highest BCUT2D eigenvalue weighted by Crippen LogP contribution is 2.30. The summed E-state index contributed by atoms with van der Waals surface area (Å²) in [4.78, 5) is 0.